The van der Waals surface area contributed by atoms with Gasteiger partial charge in [-0.1, -0.05) is 19.3 Å². The lowest BCUT2D eigenvalue weighted by molar-refractivity contribution is -0.711. The van der Waals surface area contributed by atoms with Gasteiger partial charge in [0.25, 0.3) is 5.91 Å². The van der Waals surface area contributed by atoms with E-state index in [9.17, 15) is 9.59 Å². The number of hydrogen-bond acceptors (Lipinski definition) is 3. The van der Waals surface area contributed by atoms with Gasteiger partial charge in [0, 0.05) is 6.04 Å². The highest BCUT2D eigenvalue weighted by Crippen LogP contribution is 2.17. The Morgan fingerprint density at radius 2 is 2.00 bits per heavy atom. The molecule has 122 valence electrons. The Balaban J connectivity index is 1.74. The number of imide groups is 1. The van der Waals surface area contributed by atoms with Crippen molar-refractivity contribution in [1.82, 2.24) is 10.6 Å². The minimum Gasteiger partial charge on any atom is -0.463 e. The lowest BCUT2D eigenvalue weighted by Gasteiger charge is -2.23. The SMILES string of the molecule is C[C@H]([NH2+][C@H](C)C(=O)NC(=O)NC1CCCCC1)c1ccco1. The number of carbonyl (C=O) groups is 2. The first-order valence-electron chi connectivity index (χ1n) is 8.06. The summed E-state index contributed by atoms with van der Waals surface area (Å²) in [5.41, 5.74) is 0. The minimum atomic E-state index is -0.386. The summed E-state index contributed by atoms with van der Waals surface area (Å²) in [6, 6.07) is 3.17. The molecule has 0 radical (unpaired) electrons. The molecule has 6 nitrogen and oxygen atoms in total. The molecule has 1 aromatic heterocycles. The van der Waals surface area contributed by atoms with Gasteiger partial charge < -0.3 is 15.1 Å². The van der Waals surface area contributed by atoms with Crippen molar-refractivity contribution in [3.05, 3.63) is 24.2 Å². The van der Waals surface area contributed by atoms with E-state index in [1.165, 1.54) is 6.42 Å². The van der Waals surface area contributed by atoms with Gasteiger partial charge >= 0.3 is 6.03 Å². The monoisotopic (exact) mass is 308 g/mol. The lowest BCUT2D eigenvalue weighted by Crippen LogP contribution is -2.92. The van der Waals surface area contributed by atoms with Crippen LogP contribution in [0.15, 0.2) is 22.8 Å². The standard InChI is InChI=1S/C16H25N3O3/c1-11(14-9-6-10-22-14)17-12(2)15(20)19-16(21)18-13-7-4-3-5-8-13/h6,9-13,17H,3-5,7-8H2,1-2H3,(H2,18,19,20,21)/p+1/t11-,12+/m0/s1. The van der Waals surface area contributed by atoms with E-state index in [-0.39, 0.29) is 30.1 Å². The predicted molar refractivity (Wildman–Crippen MR) is 82.1 cm³/mol. The molecule has 1 aliphatic carbocycles. The third kappa shape index (κ3) is 4.87. The van der Waals surface area contributed by atoms with Gasteiger partial charge in [0.05, 0.1) is 6.26 Å². The summed E-state index contributed by atoms with van der Waals surface area (Å²) in [7, 11) is 0. The van der Waals surface area contributed by atoms with Gasteiger partial charge in [0.2, 0.25) is 0 Å². The van der Waals surface area contributed by atoms with Gasteiger partial charge in [-0.3, -0.25) is 10.1 Å². The zero-order valence-corrected chi connectivity index (χ0v) is 13.3. The van der Waals surface area contributed by atoms with Crippen molar-refractivity contribution in [2.45, 2.75) is 64.1 Å². The molecule has 0 spiro atoms. The molecule has 2 rings (SSSR count). The van der Waals surface area contributed by atoms with Gasteiger partial charge in [-0.2, -0.15) is 0 Å². The van der Waals surface area contributed by atoms with Crippen LogP contribution in [0.1, 0.15) is 57.8 Å². The van der Waals surface area contributed by atoms with E-state index in [4.69, 9.17) is 4.42 Å². The smallest absolute Gasteiger partial charge is 0.321 e. The van der Waals surface area contributed by atoms with E-state index in [0.29, 0.717) is 0 Å². The molecule has 3 amide bonds. The molecular weight excluding hydrogens is 282 g/mol. The third-order valence-corrected chi connectivity index (χ3v) is 4.16. The van der Waals surface area contributed by atoms with Crippen LogP contribution in [0.2, 0.25) is 0 Å². The normalized spacial score (nSPS) is 18.5. The summed E-state index contributed by atoms with van der Waals surface area (Å²) < 4.78 is 5.32. The number of carbonyl (C=O) groups excluding carboxylic acids is 2. The quantitative estimate of drug-likeness (QED) is 0.769. The highest BCUT2D eigenvalue weighted by Gasteiger charge is 2.24. The second-order valence-electron chi connectivity index (χ2n) is 6.08. The first kappa shape index (κ1) is 16.5. The van der Waals surface area contributed by atoms with Crippen molar-refractivity contribution in [3.63, 3.8) is 0 Å². The molecule has 0 aliphatic heterocycles. The number of nitrogens with two attached hydrogens (primary N) is 1. The highest BCUT2D eigenvalue weighted by atomic mass is 16.3. The maximum absolute atomic E-state index is 12.1. The second-order valence-corrected chi connectivity index (χ2v) is 6.08. The first-order chi connectivity index (χ1) is 10.6. The molecule has 6 heteroatoms. The van der Waals surface area contributed by atoms with Crippen molar-refractivity contribution >= 4 is 11.9 Å². The van der Waals surface area contributed by atoms with Gasteiger partial charge in [0.1, 0.15) is 6.04 Å². The van der Waals surface area contributed by atoms with Gasteiger partial charge in [-0.15, -0.1) is 0 Å². The molecule has 4 N–H and O–H groups in total. The fourth-order valence-corrected chi connectivity index (χ4v) is 2.86. The van der Waals surface area contributed by atoms with Crippen molar-refractivity contribution in [2.75, 3.05) is 0 Å². The summed E-state index contributed by atoms with van der Waals surface area (Å²) in [5, 5.41) is 7.19. The van der Waals surface area contributed by atoms with E-state index >= 15 is 0 Å². The zero-order valence-electron chi connectivity index (χ0n) is 13.3. The Morgan fingerprint density at radius 1 is 1.27 bits per heavy atom. The summed E-state index contributed by atoms with van der Waals surface area (Å²) >= 11 is 0. The van der Waals surface area contributed by atoms with Crippen LogP contribution in [0.5, 0.6) is 0 Å². The number of hydrogen-bond donors (Lipinski definition) is 3. The highest BCUT2D eigenvalue weighted by molar-refractivity contribution is 5.96. The molecule has 2 atom stereocenters. The molecule has 22 heavy (non-hydrogen) atoms. The predicted octanol–water partition coefficient (Wildman–Crippen LogP) is 1.45. The van der Waals surface area contributed by atoms with Crippen molar-refractivity contribution < 1.29 is 19.3 Å². The fourth-order valence-electron chi connectivity index (χ4n) is 2.86. The van der Waals surface area contributed by atoms with Crippen LogP contribution in [0, 0.1) is 0 Å². The van der Waals surface area contributed by atoms with E-state index in [1.54, 1.807) is 13.2 Å². The fraction of sp³-hybridized carbons (Fsp3) is 0.625. The van der Waals surface area contributed by atoms with Crippen LogP contribution in [-0.2, 0) is 4.79 Å². The van der Waals surface area contributed by atoms with Crippen molar-refractivity contribution in [3.8, 4) is 0 Å². The largest absolute Gasteiger partial charge is 0.463 e. The van der Waals surface area contributed by atoms with E-state index < -0.39 is 0 Å². The third-order valence-electron chi connectivity index (χ3n) is 4.16. The molecule has 0 aromatic carbocycles. The molecule has 1 aliphatic rings. The summed E-state index contributed by atoms with van der Waals surface area (Å²) in [5.74, 6) is 0.526. The maximum atomic E-state index is 12.1. The first-order valence-corrected chi connectivity index (χ1v) is 8.06. The lowest BCUT2D eigenvalue weighted by atomic mass is 9.96. The Kier molecular flexibility index (Phi) is 6.00. The Labute approximate surface area is 131 Å². The molecule has 1 aromatic rings. The van der Waals surface area contributed by atoms with E-state index in [0.717, 1.165) is 31.4 Å². The van der Waals surface area contributed by atoms with Crippen molar-refractivity contribution in [2.24, 2.45) is 0 Å². The van der Waals surface area contributed by atoms with Gasteiger partial charge in [-0.05, 0) is 38.8 Å². The van der Waals surface area contributed by atoms with Crippen LogP contribution in [0.4, 0.5) is 4.79 Å². The number of nitrogens with one attached hydrogen (secondary N) is 2. The molecule has 0 unspecified atom stereocenters. The molecule has 1 saturated carbocycles. The zero-order chi connectivity index (χ0) is 15.9. The average molecular weight is 308 g/mol. The number of rotatable bonds is 5. The van der Waals surface area contributed by atoms with Gasteiger partial charge in [-0.25, -0.2) is 4.79 Å². The molecular formula is C16H26N3O3+. The number of amides is 3. The van der Waals surface area contributed by atoms with Gasteiger partial charge in [0.15, 0.2) is 11.8 Å². The summed E-state index contributed by atoms with van der Waals surface area (Å²) in [6.45, 7) is 3.74. The van der Waals surface area contributed by atoms with Crippen LogP contribution >= 0.6 is 0 Å². The number of quaternary nitrogens is 1. The second kappa shape index (κ2) is 7.98. The minimum absolute atomic E-state index is 0.0251. The molecule has 1 heterocycles. The van der Waals surface area contributed by atoms with E-state index in [1.807, 2.05) is 24.4 Å². The Bertz CT molecular complexity index is 481. The summed E-state index contributed by atoms with van der Waals surface area (Å²) in [6.07, 6.45) is 7.13. The molecule has 1 fully saturated rings. The molecule has 0 saturated heterocycles. The maximum Gasteiger partial charge on any atom is 0.321 e. The van der Waals surface area contributed by atoms with Crippen LogP contribution in [0.25, 0.3) is 0 Å². The number of urea groups is 1. The average Bonchev–Trinajstić information content (AvgIpc) is 3.02. The van der Waals surface area contributed by atoms with Crippen molar-refractivity contribution in [1.29, 1.82) is 0 Å². The Morgan fingerprint density at radius 3 is 2.64 bits per heavy atom. The Hall–Kier alpha value is -1.82. The number of furan rings is 1. The van der Waals surface area contributed by atoms with Crippen LogP contribution in [0.3, 0.4) is 0 Å². The van der Waals surface area contributed by atoms with E-state index in [2.05, 4.69) is 10.6 Å². The summed E-state index contributed by atoms with van der Waals surface area (Å²) in [4.78, 5) is 23.9. The molecule has 0 bridgehead atoms. The topological polar surface area (TPSA) is 88.0 Å². The van der Waals surface area contributed by atoms with Crippen LogP contribution < -0.4 is 16.0 Å². The van der Waals surface area contributed by atoms with Crippen LogP contribution in [-0.4, -0.2) is 24.0 Å².